The number of hydrogen-bond donors (Lipinski definition) is 1. The van der Waals surface area contributed by atoms with Gasteiger partial charge in [0.05, 0.1) is 12.8 Å². The summed E-state index contributed by atoms with van der Waals surface area (Å²) in [4.78, 5) is 36.4. The van der Waals surface area contributed by atoms with Crippen molar-refractivity contribution >= 4 is 27.7 Å². The van der Waals surface area contributed by atoms with Crippen molar-refractivity contribution < 1.29 is 19.0 Å². The smallest absolute Gasteiger partial charge is 0.412 e. The van der Waals surface area contributed by atoms with Gasteiger partial charge >= 0.3 is 6.09 Å². The van der Waals surface area contributed by atoms with E-state index in [4.69, 9.17) is 19.5 Å². The van der Waals surface area contributed by atoms with E-state index in [-0.39, 0.29) is 34.6 Å². The Morgan fingerprint density at radius 3 is 1.96 bits per heavy atom. The van der Waals surface area contributed by atoms with Gasteiger partial charge in [-0.25, -0.2) is 4.79 Å². The summed E-state index contributed by atoms with van der Waals surface area (Å²) in [6.07, 6.45) is 4.56. The van der Waals surface area contributed by atoms with Gasteiger partial charge < -0.3 is 23.3 Å². The molecule has 2 heterocycles. The molecular weight excluding hydrogens is 666 g/mol. The van der Waals surface area contributed by atoms with Gasteiger partial charge in [0.15, 0.2) is 5.56 Å². The molecule has 0 saturated carbocycles. The molecule has 3 aromatic rings. The molecule has 252 valence electrons. The Bertz CT molecular complexity index is 1720. The van der Waals surface area contributed by atoms with Crippen LogP contribution in [0.4, 0.5) is 10.5 Å². The van der Waals surface area contributed by atoms with E-state index in [9.17, 15) is 19.6 Å². The van der Waals surface area contributed by atoms with Crippen molar-refractivity contribution in [3.05, 3.63) is 84.6 Å². The second-order valence-corrected chi connectivity index (χ2v) is 13.5. The third-order valence-electron chi connectivity index (χ3n) is 6.66. The highest BCUT2D eigenvalue weighted by Gasteiger charge is 2.18. The van der Waals surface area contributed by atoms with Crippen LogP contribution in [-0.4, -0.2) is 27.9 Å². The van der Waals surface area contributed by atoms with Crippen LogP contribution in [0, 0.1) is 34.5 Å². The highest BCUT2D eigenvalue weighted by atomic mass is 79.9. The Balaban J connectivity index is 0.000000427. The first-order valence-electron chi connectivity index (χ1n) is 15.3. The van der Waals surface area contributed by atoms with Crippen molar-refractivity contribution in [2.45, 2.75) is 86.6 Å². The molecule has 1 amide bonds. The zero-order valence-electron chi connectivity index (χ0n) is 28.3. The van der Waals surface area contributed by atoms with Crippen LogP contribution in [0.1, 0.15) is 78.0 Å². The molecule has 3 rings (SSSR count). The number of nitriles is 2. The number of nitrogens with zero attached hydrogens (tertiary/aromatic N) is 4. The summed E-state index contributed by atoms with van der Waals surface area (Å²) in [6, 6.07) is 12.4. The highest BCUT2D eigenvalue weighted by Crippen LogP contribution is 2.27. The lowest BCUT2D eigenvalue weighted by Gasteiger charge is -2.20. The van der Waals surface area contributed by atoms with Gasteiger partial charge in [0.2, 0.25) is 0 Å². The number of carbonyl (C=O) groups is 1. The first kappa shape index (κ1) is 38.6. The minimum Gasteiger partial charge on any atom is -0.495 e. The number of aromatic nitrogens is 2. The van der Waals surface area contributed by atoms with E-state index in [1.54, 1.807) is 68.1 Å². The summed E-state index contributed by atoms with van der Waals surface area (Å²) in [5.74, 6) is 1.66. The van der Waals surface area contributed by atoms with Crippen LogP contribution in [0.3, 0.4) is 0 Å². The fourth-order valence-electron chi connectivity index (χ4n) is 4.08. The topological polar surface area (TPSA) is 148 Å². The number of anilines is 1. The number of carbonyl (C=O) groups excluding carboxylic acids is 1. The molecule has 0 aliphatic carbocycles. The van der Waals surface area contributed by atoms with Crippen molar-refractivity contribution in [2.75, 3.05) is 12.4 Å². The van der Waals surface area contributed by atoms with Crippen molar-refractivity contribution in [3.8, 4) is 23.6 Å². The van der Waals surface area contributed by atoms with E-state index in [1.807, 2.05) is 12.1 Å². The minimum atomic E-state index is -0.618. The van der Waals surface area contributed by atoms with Crippen LogP contribution in [0.2, 0.25) is 0 Å². The third-order valence-corrected chi connectivity index (χ3v) is 7.32. The van der Waals surface area contributed by atoms with Crippen molar-refractivity contribution in [3.63, 3.8) is 0 Å². The molecule has 0 radical (unpaired) electrons. The second-order valence-electron chi connectivity index (χ2n) is 12.6. The lowest BCUT2D eigenvalue weighted by molar-refractivity contribution is 0.0635. The molecule has 0 saturated heterocycles. The lowest BCUT2D eigenvalue weighted by Crippen LogP contribution is -2.27. The van der Waals surface area contributed by atoms with Gasteiger partial charge in [-0.05, 0) is 91.2 Å². The quantitative estimate of drug-likeness (QED) is 0.219. The first-order chi connectivity index (χ1) is 22.1. The SMILES string of the molecule is CC(C)CCn1ccc(Br)c(C#N)c1=O.COc1cc(COc2ccn(CCC(C)C)c(=O)c2C#N)ccc1NC(=O)OC(C)(C)C. The molecule has 1 N–H and O–H groups in total. The number of pyridine rings is 2. The Kier molecular flexibility index (Phi) is 14.8. The van der Waals surface area contributed by atoms with E-state index >= 15 is 0 Å². The zero-order valence-corrected chi connectivity index (χ0v) is 29.9. The zero-order chi connectivity index (χ0) is 35.3. The molecule has 0 unspecified atom stereocenters. The van der Waals surface area contributed by atoms with Crippen LogP contribution in [0.5, 0.6) is 11.5 Å². The predicted octanol–water partition coefficient (Wildman–Crippen LogP) is 7.23. The normalized spacial score (nSPS) is 10.8. The number of benzene rings is 1. The molecule has 0 bridgehead atoms. The number of rotatable bonds is 11. The van der Waals surface area contributed by atoms with Gasteiger partial charge in [0, 0.05) is 30.0 Å². The van der Waals surface area contributed by atoms with Gasteiger partial charge in [-0.1, -0.05) is 33.8 Å². The maximum absolute atomic E-state index is 12.6. The van der Waals surface area contributed by atoms with Gasteiger partial charge in [-0.3, -0.25) is 14.9 Å². The fraction of sp³-hybridized carbons (Fsp3) is 0.457. The van der Waals surface area contributed by atoms with Crippen LogP contribution >= 0.6 is 15.9 Å². The molecule has 0 fully saturated rings. The number of hydrogen-bond acceptors (Lipinski definition) is 8. The van der Waals surface area contributed by atoms with E-state index in [0.29, 0.717) is 40.8 Å². The van der Waals surface area contributed by atoms with Crippen molar-refractivity contribution in [1.29, 1.82) is 10.5 Å². The molecule has 0 aliphatic rings. The Labute approximate surface area is 284 Å². The van der Waals surface area contributed by atoms with Crippen LogP contribution in [0.25, 0.3) is 0 Å². The summed E-state index contributed by atoms with van der Waals surface area (Å²) >= 11 is 3.19. The molecule has 12 heteroatoms. The average molecular weight is 711 g/mol. The summed E-state index contributed by atoms with van der Waals surface area (Å²) in [5, 5.41) is 20.9. The number of nitrogens with one attached hydrogen (secondary N) is 1. The summed E-state index contributed by atoms with van der Waals surface area (Å²) < 4.78 is 20.1. The first-order valence-corrected chi connectivity index (χ1v) is 16.1. The number of amides is 1. The number of ether oxygens (including phenoxy) is 3. The summed E-state index contributed by atoms with van der Waals surface area (Å²) in [5.41, 5.74) is 0.160. The second kappa shape index (κ2) is 18.0. The maximum Gasteiger partial charge on any atom is 0.412 e. The van der Waals surface area contributed by atoms with Crippen molar-refractivity contribution in [1.82, 2.24) is 9.13 Å². The molecule has 0 atom stereocenters. The van der Waals surface area contributed by atoms with E-state index in [2.05, 4.69) is 48.9 Å². The number of methoxy groups -OCH3 is 1. The molecule has 47 heavy (non-hydrogen) atoms. The standard InChI is InChI=1S/C24H31N3O5.C11H13BrN2O/c1-16(2)9-11-27-12-10-20(18(14-25)22(27)28)31-15-17-7-8-19(21(13-17)30-6)26-23(29)32-24(3,4)5;1-8(2)3-5-14-6-4-10(12)9(7-13)11(14)15/h7-8,10,12-13,16H,9,11,15H2,1-6H3,(H,26,29);4,6,8H,3,5H2,1-2H3. The predicted molar refractivity (Wildman–Crippen MR) is 185 cm³/mol. The number of halogens is 1. The Hall–Kier alpha value is -4.55. The van der Waals surface area contributed by atoms with E-state index < -0.39 is 11.7 Å². The molecule has 0 aliphatic heterocycles. The van der Waals surface area contributed by atoms with Gasteiger partial charge in [-0.15, -0.1) is 0 Å². The monoisotopic (exact) mass is 709 g/mol. The van der Waals surface area contributed by atoms with Gasteiger partial charge in [0.1, 0.15) is 41.4 Å². The minimum absolute atomic E-state index is 0.0218. The van der Waals surface area contributed by atoms with Crippen molar-refractivity contribution in [2.24, 2.45) is 11.8 Å². The van der Waals surface area contributed by atoms with Crippen LogP contribution in [0.15, 0.2) is 56.8 Å². The Morgan fingerprint density at radius 1 is 0.894 bits per heavy atom. The van der Waals surface area contributed by atoms with E-state index in [1.165, 1.54) is 11.7 Å². The number of aryl methyl sites for hydroxylation is 2. The molecule has 1 aromatic carbocycles. The van der Waals surface area contributed by atoms with E-state index in [0.717, 1.165) is 18.4 Å². The third kappa shape index (κ3) is 12.3. The highest BCUT2D eigenvalue weighted by molar-refractivity contribution is 9.10. The van der Waals surface area contributed by atoms with Crippen LogP contribution in [-0.2, 0) is 24.4 Å². The molecule has 2 aromatic heterocycles. The largest absolute Gasteiger partial charge is 0.495 e. The fourth-order valence-corrected chi connectivity index (χ4v) is 4.46. The molecular formula is C35H44BrN5O6. The maximum atomic E-state index is 12.6. The summed E-state index contributed by atoms with van der Waals surface area (Å²) in [6.45, 7) is 15.0. The lowest BCUT2D eigenvalue weighted by atomic mass is 10.1. The van der Waals surface area contributed by atoms with Gasteiger partial charge in [0.25, 0.3) is 11.1 Å². The van der Waals surface area contributed by atoms with Gasteiger partial charge in [-0.2, -0.15) is 10.5 Å². The van der Waals surface area contributed by atoms with Crippen LogP contribution < -0.4 is 25.9 Å². The molecule has 0 spiro atoms. The molecule has 11 nitrogen and oxygen atoms in total. The Morgan fingerprint density at radius 2 is 1.45 bits per heavy atom. The summed E-state index contributed by atoms with van der Waals surface area (Å²) in [7, 11) is 1.49. The average Bonchev–Trinajstić information content (AvgIpc) is 2.99.